The Kier molecular flexibility index (Phi) is 8.95. The van der Waals surface area contributed by atoms with E-state index in [0.29, 0.717) is 31.2 Å². The van der Waals surface area contributed by atoms with Gasteiger partial charge >= 0.3 is 0 Å². The molecule has 4 heteroatoms. The minimum absolute atomic E-state index is 0.102. The molecular formula is C31H39NO3. The Bertz CT molecular complexity index is 1030. The number of unbranched alkanes of at least 4 members (excludes halogenated alkanes) is 1. The van der Waals surface area contributed by atoms with Crippen LogP contribution in [0.15, 0.2) is 78.4 Å². The molecule has 2 aromatic rings. The third-order valence-corrected chi connectivity index (χ3v) is 7.52. The molecule has 2 aliphatic carbocycles. The number of carbonyl (C=O) groups is 1. The molecule has 0 bridgehead atoms. The highest BCUT2D eigenvalue weighted by Crippen LogP contribution is 2.48. The van der Waals surface area contributed by atoms with Crippen molar-refractivity contribution in [3.63, 3.8) is 0 Å². The molecule has 0 radical (unpaired) electrons. The van der Waals surface area contributed by atoms with Gasteiger partial charge in [-0.15, -0.1) is 0 Å². The van der Waals surface area contributed by atoms with E-state index in [9.17, 15) is 15.0 Å². The van der Waals surface area contributed by atoms with Crippen molar-refractivity contribution in [1.29, 1.82) is 0 Å². The van der Waals surface area contributed by atoms with Gasteiger partial charge in [0.25, 0.3) is 0 Å². The first-order valence-corrected chi connectivity index (χ1v) is 13.1. The summed E-state index contributed by atoms with van der Waals surface area (Å²) in [5.41, 5.74) is 4.92. The Morgan fingerprint density at radius 1 is 1.11 bits per heavy atom. The molecule has 0 heterocycles. The van der Waals surface area contributed by atoms with Gasteiger partial charge in [0, 0.05) is 25.3 Å². The summed E-state index contributed by atoms with van der Waals surface area (Å²) in [6, 6.07) is 18.2. The Labute approximate surface area is 209 Å². The minimum Gasteiger partial charge on any atom is -0.392 e. The molecular weight excluding hydrogens is 434 g/mol. The summed E-state index contributed by atoms with van der Waals surface area (Å²) < 4.78 is 0. The average molecular weight is 474 g/mol. The summed E-state index contributed by atoms with van der Waals surface area (Å²) in [6.45, 7) is 2.65. The number of hydrogen-bond acceptors (Lipinski definition) is 3. The Hall–Kier alpha value is -2.69. The molecule has 1 saturated carbocycles. The number of hydrogen-bond donors (Lipinski definition) is 3. The van der Waals surface area contributed by atoms with Crippen molar-refractivity contribution in [2.24, 2.45) is 17.8 Å². The van der Waals surface area contributed by atoms with Crippen LogP contribution < -0.4 is 5.32 Å². The number of fused-ring (bicyclic) bond motifs is 1. The highest BCUT2D eigenvalue weighted by Gasteiger charge is 2.43. The van der Waals surface area contributed by atoms with E-state index in [1.807, 2.05) is 48.5 Å². The first-order valence-electron chi connectivity index (χ1n) is 13.1. The van der Waals surface area contributed by atoms with Crippen LogP contribution in [0.4, 0.5) is 0 Å². The maximum atomic E-state index is 12.1. The number of amides is 1. The normalized spacial score (nSPS) is 24.4. The summed E-state index contributed by atoms with van der Waals surface area (Å²) in [7, 11) is 0. The van der Waals surface area contributed by atoms with Crippen LogP contribution in [0.2, 0.25) is 0 Å². The minimum atomic E-state index is -0.537. The van der Waals surface area contributed by atoms with E-state index >= 15 is 0 Å². The maximum Gasteiger partial charge on any atom is 0.220 e. The second kappa shape index (κ2) is 12.3. The lowest BCUT2D eigenvalue weighted by Crippen LogP contribution is -2.22. The smallest absolute Gasteiger partial charge is 0.220 e. The van der Waals surface area contributed by atoms with Gasteiger partial charge in [-0.2, -0.15) is 0 Å². The predicted octanol–water partition coefficient (Wildman–Crippen LogP) is 5.27. The summed E-state index contributed by atoms with van der Waals surface area (Å²) in [4.78, 5) is 12.1. The van der Waals surface area contributed by atoms with E-state index in [2.05, 4.69) is 36.5 Å². The number of benzene rings is 2. The highest BCUT2D eigenvalue weighted by atomic mass is 16.3. The molecule has 0 saturated heterocycles. The van der Waals surface area contributed by atoms with E-state index in [1.165, 1.54) is 11.1 Å². The molecule has 2 aromatic carbocycles. The second-order valence-electron chi connectivity index (χ2n) is 10.4. The Balaban J connectivity index is 1.17. The van der Waals surface area contributed by atoms with Crippen molar-refractivity contribution in [2.75, 3.05) is 0 Å². The van der Waals surface area contributed by atoms with Gasteiger partial charge in [-0.1, -0.05) is 84.0 Å². The number of rotatable bonds is 11. The topological polar surface area (TPSA) is 69.6 Å². The van der Waals surface area contributed by atoms with Crippen molar-refractivity contribution >= 4 is 5.91 Å². The third-order valence-electron chi connectivity index (χ3n) is 7.52. The van der Waals surface area contributed by atoms with Gasteiger partial charge in [0.05, 0.1) is 12.2 Å². The monoisotopic (exact) mass is 473 g/mol. The zero-order chi connectivity index (χ0) is 24.6. The summed E-state index contributed by atoms with van der Waals surface area (Å²) >= 11 is 0. The van der Waals surface area contributed by atoms with Gasteiger partial charge in [0.1, 0.15) is 0 Å². The van der Waals surface area contributed by atoms with Crippen LogP contribution in [0.25, 0.3) is 0 Å². The fourth-order valence-corrected chi connectivity index (χ4v) is 5.72. The molecule has 3 N–H and O–H groups in total. The average Bonchev–Trinajstić information content (AvgIpc) is 3.36. The summed E-state index contributed by atoms with van der Waals surface area (Å²) in [5, 5.41) is 24.1. The Morgan fingerprint density at radius 3 is 2.71 bits per heavy atom. The zero-order valence-electron chi connectivity index (χ0n) is 20.8. The number of aryl methyl sites for hydroxylation is 1. The molecule has 0 unspecified atom stereocenters. The number of aliphatic hydroxyl groups is 2. The molecule has 0 aliphatic heterocycles. The molecule has 186 valence electrons. The van der Waals surface area contributed by atoms with Crippen molar-refractivity contribution < 1.29 is 15.0 Å². The quantitative estimate of drug-likeness (QED) is 0.307. The predicted molar refractivity (Wildman–Crippen MR) is 141 cm³/mol. The van der Waals surface area contributed by atoms with E-state index in [4.69, 9.17) is 0 Å². The standard InChI is InChI=1S/C31H39NO3/c1-22-8-7-12-24(16-22)18-27(33)14-15-28-29-19-25(17-26(29)20-30(28)34)11-5-6-13-31(35)32-21-23-9-3-2-4-10-23/h2-4,7-10,12,14-17,26-30,33-34H,5-6,11,13,18-21H2,1H3,(H,32,35)/b15-14+/t26-,27+,28+,29-,30+/m0/s1. The van der Waals surface area contributed by atoms with Crippen LogP contribution >= 0.6 is 0 Å². The van der Waals surface area contributed by atoms with Crippen molar-refractivity contribution in [1.82, 2.24) is 5.32 Å². The van der Waals surface area contributed by atoms with Gasteiger partial charge < -0.3 is 15.5 Å². The molecule has 2 aliphatic rings. The summed E-state index contributed by atoms with van der Waals surface area (Å²) in [5.74, 6) is 1.07. The fourth-order valence-electron chi connectivity index (χ4n) is 5.72. The second-order valence-corrected chi connectivity index (χ2v) is 10.4. The lowest BCUT2D eigenvalue weighted by molar-refractivity contribution is -0.121. The fraction of sp³-hybridized carbons (Fsp3) is 0.452. The molecule has 0 aromatic heterocycles. The van der Waals surface area contributed by atoms with Gasteiger partial charge in [0.15, 0.2) is 0 Å². The molecule has 0 spiro atoms. The lowest BCUT2D eigenvalue weighted by Gasteiger charge is -2.19. The van der Waals surface area contributed by atoms with Crippen LogP contribution in [0, 0.1) is 24.7 Å². The number of allylic oxidation sites excluding steroid dienone is 2. The molecule has 5 atom stereocenters. The van der Waals surface area contributed by atoms with Crippen LogP contribution in [0.5, 0.6) is 0 Å². The molecule has 35 heavy (non-hydrogen) atoms. The number of nitrogens with one attached hydrogen (secondary N) is 1. The van der Waals surface area contributed by atoms with E-state index in [1.54, 1.807) is 0 Å². The van der Waals surface area contributed by atoms with E-state index in [-0.39, 0.29) is 17.9 Å². The first kappa shape index (κ1) is 25.4. The van der Waals surface area contributed by atoms with E-state index in [0.717, 1.165) is 43.2 Å². The first-order chi connectivity index (χ1) is 17.0. The maximum absolute atomic E-state index is 12.1. The van der Waals surface area contributed by atoms with Gasteiger partial charge in [0.2, 0.25) is 5.91 Å². The molecule has 4 rings (SSSR count). The molecule has 1 fully saturated rings. The lowest BCUT2D eigenvalue weighted by atomic mass is 9.88. The van der Waals surface area contributed by atoms with Crippen molar-refractivity contribution in [2.45, 2.75) is 70.6 Å². The number of carbonyl (C=O) groups excluding carboxylic acids is 1. The third kappa shape index (κ3) is 7.39. The van der Waals surface area contributed by atoms with Gasteiger partial charge in [-0.05, 0) is 62.0 Å². The molecule has 4 nitrogen and oxygen atoms in total. The van der Waals surface area contributed by atoms with Gasteiger partial charge in [-0.3, -0.25) is 4.79 Å². The van der Waals surface area contributed by atoms with Crippen LogP contribution in [0.3, 0.4) is 0 Å². The highest BCUT2D eigenvalue weighted by molar-refractivity contribution is 5.75. The molecule has 1 amide bonds. The van der Waals surface area contributed by atoms with Crippen LogP contribution in [-0.2, 0) is 17.8 Å². The van der Waals surface area contributed by atoms with Gasteiger partial charge in [-0.25, -0.2) is 0 Å². The van der Waals surface area contributed by atoms with Crippen molar-refractivity contribution in [3.05, 3.63) is 95.1 Å². The number of aliphatic hydroxyl groups excluding tert-OH is 2. The Morgan fingerprint density at radius 2 is 1.91 bits per heavy atom. The zero-order valence-corrected chi connectivity index (χ0v) is 20.8. The van der Waals surface area contributed by atoms with Crippen LogP contribution in [0.1, 0.15) is 55.2 Å². The SMILES string of the molecule is Cc1cccc(C[C@H](O)/C=C/[C@@H]2[C@H]3CC(CCCCC(=O)NCc4ccccc4)=C[C@H]3C[C@H]2O)c1. The van der Waals surface area contributed by atoms with Crippen molar-refractivity contribution in [3.8, 4) is 0 Å². The summed E-state index contributed by atoms with van der Waals surface area (Å²) in [6.07, 6.45) is 11.4. The van der Waals surface area contributed by atoms with E-state index < -0.39 is 6.10 Å². The largest absolute Gasteiger partial charge is 0.392 e. The van der Waals surface area contributed by atoms with Crippen LogP contribution in [-0.4, -0.2) is 28.3 Å².